The highest BCUT2D eigenvalue weighted by molar-refractivity contribution is 6.82. The molecule has 1 aromatic carbocycles. The minimum atomic E-state index is -1.68. The molecule has 0 spiro atoms. The molecule has 0 aliphatic carbocycles. The van der Waals surface area contributed by atoms with Crippen LogP contribution < -0.4 is 0 Å². The summed E-state index contributed by atoms with van der Waals surface area (Å²) in [6.45, 7) is 14.3. The van der Waals surface area contributed by atoms with Crippen molar-refractivity contribution in [1.29, 1.82) is 0 Å². The molecule has 20 heavy (non-hydrogen) atoms. The maximum absolute atomic E-state index is 6.24. The summed E-state index contributed by atoms with van der Waals surface area (Å²) in [4.78, 5) is 0. The van der Waals surface area contributed by atoms with Crippen molar-refractivity contribution in [3.8, 4) is 0 Å². The van der Waals surface area contributed by atoms with Crippen LogP contribution in [0.3, 0.4) is 0 Å². The van der Waals surface area contributed by atoms with Crippen LogP contribution in [0.1, 0.15) is 41.5 Å². The van der Waals surface area contributed by atoms with E-state index in [0.717, 1.165) is 5.02 Å². The second-order valence-electron chi connectivity index (χ2n) is 6.74. The zero-order chi connectivity index (χ0) is 15.1. The van der Waals surface area contributed by atoms with Gasteiger partial charge in [0.15, 0.2) is 8.24 Å². The molecule has 2 rings (SSSR count). The Bertz CT molecular complexity index is 576. The van der Waals surface area contributed by atoms with Gasteiger partial charge in [0.1, 0.15) is 0 Å². The first kappa shape index (κ1) is 15.7. The third-order valence-electron chi connectivity index (χ3n) is 4.85. The molecule has 110 valence electrons. The monoisotopic (exact) mass is 307 g/mol. The molecule has 2 aromatic rings. The van der Waals surface area contributed by atoms with Gasteiger partial charge in [-0.3, -0.25) is 0 Å². The van der Waals surface area contributed by atoms with Crippen LogP contribution >= 0.6 is 11.6 Å². The first-order chi connectivity index (χ1) is 9.31. The second kappa shape index (κ2) is 5.57. The average Bonchev–Trinajstić information content (AvgIpc) is 2.72. The van der Waals surface area contributed by atoms with Gasteiger partial charge < -0.3 is 4.23 Å². The van der Waals surface area contributed by atoms with Crippen molar-refractivity contribution in [2.75, 3.05) is 0 Å². The van der Waals surface area contributed by atoms with E-state index >= 15 is 0 Å². The summed E-state index contributed by atoms with van der Waals surface area (Å²) < 4.78 is 2.61. The van der Waals surface area contributed by atoms with Crippen LogP contribution in [0.2, 0.25) is 21.6 Å². The van der Waals surface area contributed by atoms with Gasteiger partial charge in [0.2, 0.25) is 0 Å². The molecule has 1 nitrogen and oxygen atoms in total. The summed E-state index contributed by atoms with van der Waals surface area (Å²) in [5.41, 5.74) is 3.38. The summed E-state index contributed by atoms with van der Waals surface area (Å²) in [7, 11) is -1.68. The van der Waals surface area contributed by atoms with Crippen LogP contribution in [0.5, 0.6) is 0 Å². The Kier molecular flexibility index (Phi) is 4.36. The molecule has 0 N–H and O–H groups in total. The van der Waals surface area contributed by atoms with Crippen LogP contribution in [-0.4, -0.2) is 12.5 Å². The highest BCUT2D eigenvalue weighted by Crippen LogP contribution is 2.44. The lowest BCUT2D eigenvalue weighted by Gasteiger charge is -2.44. The van der Waals surface area contributed by atoms with Crippen LogP contribution in [0.4, 0.5) is 0 Å². The molecule has 0 radical (unpaired) electrons. The Hall–Kier alpha value is -0.733. The van der Waals surface area contributed by atoms with Gasteiger partial charge in [0.05, 0.1) is 0 Å². The molecule has 0 bridgehead atoms. The van der Waals surface area contributed by atoms with Crippen molar-refractivity contribution in [3.05, 3.63) is 35.5 Å². The minimum Gasteiger partial charge on any atom is -0.373 e. The van der Waals surface area contributed by atoms with E-state index in [9.17, 15) is 0 Å². The van der Waals surface area contributed by atoms with Crippen molar-refractivity contribution in [2.24, 2.45) is 0 Å². The first-order valence-electron chi connectivity index (χ1n) is 7.58. The molecule has 0 amide bonds. The van der Waals surface area contributed by atoms with Gasteiger partial charge in [0, 0.05) is 10.5 Å². The highest BCUT2D eigenvalue weighted by atomic mass is 35.5. The predicted molar refractivity (Wildman–Crippen MR) is 93.4 cm³/mol. The smallest absolute Gasteiger partial charge is 0.169 e. The molecule has 0 saturated carbocycles. The average molecular weight is 308 g/mol. The Balaban J connectivity index is 2.78. The van der Waals surface area contributed by atoms with Gasteiger partial charge in [0.25, 0.3) is 0 Å². The van der Waals surface area contributed by atoms with E-state index in [1.165, 1.54) is 10.9 Å². The van der Waals surface area contributed by atoms with Crippen molar-refractivity contribution < 1.29 is 0 Å². The number of nitrogens with zero attached hydrogens (tertiary/aromatic N) is 1. The Morgan fingerprint density at radius 1 is 0.900 bits per heavy atom. The molecule has 0 aliphatic rings. The number of benzene rings is 1. The topological polar surface area (TPSA) is 4.93 Å². The fraction of sp³-hybridized carbons (Fsp3) is 0.529. The SMILES string of the molecule is CC(C)[Si](C(C)C)(C(C)C)n1ccc2ccc(Cl)cc21. The van der Waals surface area contributed by atoms with E-state index in [-0.39, 0.29) is 0 Å². The number of fused-ring (bicyclic) bond motifs is 1. The lowest BCUT2D eigenvalue weighted by molar-refractivity contribution is 0.773. The maximum atomic E-state index is 6.24. The molecule has 0 aliphatic heterocycles. The molecular weight excluding hydrogens is 282 g/mol. The van der Waals surface area contributed by atoms with Gasteiger partial charge in [-0.15, -0.1) is 0 Å². The number of hydrogen-bond donors (Lipinski definition) is 0. The number of rotatable bonds is 4. The lowest BCUT2D eigenvalue weighted by Crippen LogP contribution is -2.51. The highest BCUT2D eigenvalue weighted by Gasteiger charge is 2.45. The van der Waals surface area contributed by atoms with E-state index in [2.05, 4.69) is 70.2 Å². The van der Waals surface area contributed by atoms with E-state index < -0.39 is 8.24 Å². The normalized spacial score (nSPS) is 13.1. The van der Waals surface area contributed by atoms with Crippen LogP contribution in [-0.2, 0) is 0 Å². The Labute approximate surface area is 129 Å². The lowest BCUT2D eigenvalue weighted by atomic mass is 10.2. The summed E-state index contributed by atoms with van der Waals surface area (Å²) in [6, 6.07) is 8.48. The fourth-order valence-electron chi connectivity index (χ4n) is 4.27. The van der Waals surface area contributed by atoms with Crippen molar-refractivity contribution >= 4 is 30.7 Å². The number of aromatic nitrogens is 1. The minimum absolute atomic E-state index is 0.692. The van der Waals surface area contributed by atoms with Crippen molar-refractivity contribution in [2.45, 2.75) is 58.2 Å². The van der Waals surface area contributed by atoms with Crippen LogP contribution in [0, 0.1) is 0 Å². The first-order valence-corrected chi connectivity index (χ1v) is 10.1. The Morgan fingerprint density at radius 2 is 1.45 bits per heavy atom. The third kappa shape index (κ3) is 2.23. The van der Waals surface area contributed by atoms with Gasteiger partial charge in [-0.1, -0.05) is 59.2 Å². The predicted octanol–water partition coefficient (Wildman–Crippen LogP) is 6.32. The molecule has 0 fully saturated rings. The Morgan fingerprint density at radius 3 is 1.95 bits per heavy atom. The fourth-order valence-corrected chi connectivity index (χ4v) is 11.1. The number of hydrogen-bond acceptors (Lipinski definition) is 0. The van der Waals surface area contributed by atoms with E-state index in [0.29, 0.717) is 16.6 Å². The summed E-state index contributed by atoms with van der Waals surface area (Å²) in [6.07, 6.45) is 2.30. The van der Waals surface area contributed by atoms with E-state index in [1.54, 1.807) is 0 Å². The maximum Gasteiger partial charge on any atom is 0.169 e. The van der Waals surface area contributed by atoms with Crippen LogP contribution in [0.15, 0.2) is 30.5 Å². The zero-order valence-electron chi connectivity index (χ0n) is 13.4. The van der Waals surface area contributed by atoms with Gasteiger partial charge in [-0.2, -0.15) is 0 Å². The van der Waals surface area contributed by atoms with Crippen molar-refractivity contribution in [1.82, 2.24) is 4.23 Å². The van der Waals surface area contributed by atoms with Gasteiger partial charge >= 0.3 is 0 Å². The molecule has 0 saturated heterocycles. The van der Waals surface area contributed by atoms with Gasteiger partial charge in [-0.25, -0.2) is 0 Å². The zero-order valence-corrected chi connectivity index (χ0v) is 15.2. The molecular formula is C17H26ClNSi. The summed E-state index contributed by atoms with van der Waals surface area (Å²) in [5.74, 6) is 0. The molecule has 0 atom stereocenters. The van der Waals surface area contributed by atoms with Crippen LogP contribution in [0.25, 0.3) is 10.9 Å². The summed E-state index contributed by atoms with van der Waals surface area (Å²) >= 11 is 6.24. The summed E-state index contributed by atoms with van der Waals surface area (Å²) in [5, 5.41) is 2.13. The van der Waals surface area contributed by atoms with E-state index in [4.69, 9.17) is 11.6 Å². The molecule has 0 unspecified atom stereocenters. The molecule has 1 aromatic heterocycles. The van der Waals surface area contributed by atoms with Crippen molar-refractivity contribution in [3.63, 3.8) is 0 Å². The largest absolute Gasteiger partial charge is 0.373 e. The number of halogens is 1. The standard InChI is InChI=1S/C17H26ClNSi/c1-12(2)20(13(3)4,14(5)6)19-10-9-15-7-8-16(18)11-17(15)19/h7-14H,1-6H3. The van der Waals surface area contributed by atoms with Gasteiger partial charge in [-0.05, 0) is 46.4 Å². The molecule has 3 heteroatoms. The third-order valence-corrected chi connectivity index (χ3v) is 11.9. The molecule has 1 heterocycles. The second-order valence-corrected chi connectivity index (χ2v) is 12.9. The van der Waals surface area contributed by atoms with E-state index in [1.807, 2.05) is 6.07 Å². The quantitative estimate of drug-likeness (QED) is 0.583.